The normalized spacial score (nSPS) is 10.9. The van der Waals surface area contributed by atoms with Crippen LogP contribution in [0.5, 0.6) is 11.5 Å². The lowest BCUT2D eigenvalue weighted by atomic mass is 10.1. The van der Waals surface area contributed by atoms with E-state index in [1.54, 1.807) is 0 Å². The van der Waals surface area contributed by atoms with Gasteiger partial charge in [-0.1, -0.05) is 48.5 Å². The Morgan fingerprint density at radius 3 is 2.53 bits per heavy atom. The van der Waals surface area contributed by atoms with Crippen LogP contribution in [-0.4, -0.2) is 31.0 Å². The van der Waals surface area contributed by atoms with Gasteiger partial charge in [-0.05, 0) is 41.0 Å². The first kappa shape index (κ1) is 19.4. The van der Waals surface area contributed by atoms with Crippen molar-refractivity contribution in [2.45, 2.75) is 6.61 Å². The molecule has 5 aromatic rings. The second kappa shape index (κ2) is 8.27. The summed E-state index contributed by atoms with van der Waals surface area (Å²) >= 11 is 0. The molecule has 0 radical (unpaired) electrons. The molecule has 8 nitrogen and oxygen atoms in total. The topological polar surface area (TPSA) is 102 Å². The van der Waals surface area contributed by atoms with Crippen LogP contribution in [-0.2, 0) is 6.61 Å². The molecule has 0 bridgehead atoms. The lowest BCUT2D eigenvalue weighted by Crippen LogP contribution is -2.02. The predicted octanol–water partition coefficient (Wildman–Crippen LogP) is 5.05. The fraction of sp³-hybridized carbons (Fsp3) is 0.0417. The van der Waals surface area contributed by atoms with Gasteiger partial charge in [-0.3, -0.25) is 0 Å². The van der Waals surface area contributed by atoms with Gasteiger partial charge < -0.3 is 19.6 Å². The summed E-state index contributed by atoms with van der Waals surface area (Å²) in [7, 11) is 0. The molecule has 5 rings (SSSR count). The van der Waals surface area contributed by atoms with Crippen molar-refractivity contribution in [1.82, 2.24) is 19.7 Å². The predicted molar refractivity (Wildman–Crippen MR) is 118 cm³/mol. The molecule has 0 aliphatic rings. The number of aromatic amines is 1. The number of hydrogen-bond donors (Lipinski definition) is 2. The van der Waals surface area contributed by atoms with Crippen molar-refractivity contribution in [3.63, 3.8) is 0 Å². The maximum absolute atomic E-state index is 10.7. The Hall–Kier alpha value is -4.59. The SMILES string of the molecule is O=C(O)Oc1cnn(-c2nc3ccc(-c4ccc(OCc5ccccc5)cc4)cc3[nH]2)c1. The Kier molecular flexibility index (Phi) is 5.01. The highest BCUT2D eigenvalue weighted by molar-refractivity contribution is 5.82. The van der Waals surface area contributed by atoms with E-state index in [-0.39, 0.29) is 5.75 Å². The molecule has 0 fully saturated rings. The Morgan fingerprint density at radius 2 is 1.75 bits per heavy atom. The van der Waals surface area contributed by atoms with Crippen LogP contribution in [0.4, 0.5) is 4.79 Å². The number of benzene rings is 3. The molecule has 0 saturated carbocycles. The highest BCUT2D eigenvalue weighted by Crippen LogP contribution is 2.26. The number of aromatic nitrogens is 4. The number of ether oxygens (including phenoxy) is 2. The number of nitrogens with one attached hydrogen (secondary N) is 1. The minimum atomic E-state index is -1.39. The molecule has 158 valence electrons. The van der Waals surface area contributed by atoms with Gasteiger partial charge in [0.15, 0.2) is 5.75 Å². The minimum absolute atomic E-state index is 0.119. The zero-order valence-electron chi connectivity index (χ0n) is 16.8. The number of imidazole rings is 1. The van der Waals surface area contributed by atoms with Crippen LogP contribution in [0.15, 0.2) is 85.2 Å². The number of carboxylic acid groups (broad SMARTS) is 1. The maximum Gasteiger partial charge on any atom is 0.511 e. The lowest BCUT2D eigenvalue weighted by molar-refractivity contribution is 0.144. The minimum Gasteiger partial charge on any atom is -0.489 e. The van der Waals surface area contributed by atoms with E-state index < -0.39 is 6.16 Å². The summed E-state index contributed by atoms with van der Waals surface area (Å²) in [5.74, 6) is 1.39. The summed E-state index contributed by atoms with van der Waals surface area (Å²) in [6, 6.07) is 23.9. The van der Waals surface area contributed by atoms with Crippen molar-refractivity contribution in [1.29, 1.82) is 0 Å². The molecule has 2 aromatic heterocycles. The van der Waals surface area contributed by atoms with Crippen molar-refractivity contribution in [2.75, 3.05) is 0 Å². The van der Waals surface area contributed by atoms with E-state index >= 15 is 0 Å². The third-order valence-electron chi connectivity index (χ3n) is 4.89. The largest absolute Gasteiger partial charge is 0.511 e. The van der Waals surface area contributed by atoms with Gasteiger partial charge in [0.05, 0.1) is 23.4 Å². The highest BCUT2D eigenvalue weighted by atomic mass is 16.7. The number of H-pyrrole nitrogens is 1. The molecule has 0 saturated heterocycles. The second-order valence-electron chi connectivity index (χ2n) is 7.08. The third kappa shape index (κ3) is 4.15. The first-order valence-electron chi connectivity index (χ1n) is 9.87. The van der Waals surface area contributed by atoms with Crippen LogP contribution in [0.25, 0.3) is 28.1 Å². The Bertz CT molecular complexity index is 1370. The summed E-state index contributed by atoms with van der Waals surface area (Å²) in [5, 5.41) is 12.8. The van der Waals surface area contributed by atoms with Gasteiger partial charge in [0.1, 0.15) is 12.4 Å². The summed E-state index contributed by atoms with van der Waals surface area (Å²) in [6.07, 6.45) is 1.37. The highest BCUT2D eigenvalue weighted by Gasteiger charge is 2.10. The number of fused-ring (bicyclic) bond motifs is 1. The van der Waals surface area contributed by atoms with E-state index in [1.165, 1.54) is 17.1 Å². The fourth-order valence-electron chi connectivity index (χ4n) is 3.34. The average molecular weight is 426 g/mol. The van der Waals surface area contributed by atoms with Gasteiger partial charge in [-0.15, -0.1) is 0 Å². The average Bonchev–Trinajstić information content (AvgIpc) is 3.44. The van der Waals surface area contributed by atoms with Crippen molar-refractivity contribution in [2.24, 2.45) is 0 Å². The van der Waals surface area contributed by atoms with Crippen molar-refractivity contribution in [3.05, 3.63) is 90.8 Å². The number of hydrogen-bond acceptors (Lipinski definition) is 5. The van der Waals surface area contributed by atoms with Gasteiger partial charge in [0.2, 0.25) is 5.95 Å². The van der Waals surface area contributed by atoms with Crippen molar-refractivity contribution in [3.8, 4) is 28.6 Å². The summed E-state index contributed by atoms with van der Waals surface area (Å²) in [5.41, 5.74) is 4.79. The van der Waals surface area contributed by atoms with Crippen LogP contribution in [0.3, 0.4) is 0 Å². The van der Waals surface area contributed by atoms with E-state index in [0.717, 1.165) is 33.5 Å². The number of carbonyl (C=O) groups is 1. The molecule has 0 aliphatic carbocycles. The summed E-state index contributed by atoms with van der Waals surface area (Å²) < 4.78 is 11.9. The zero-order chi connectivity index (χ0) is 21.9. The molecule has 8 heteroatoms. The maximum atomic E-state index is 10.7. The zero-order valence-corrected chi connectivity index (χ0v) is 16.8. The smallest absolute Gasteiger partial charge is 0.489 e. The first-order valence-corrected chi connectivity index (χ1v) is 9.87. The van der Waals surface area contributed by atoms with Crippen LogP contribution in [0, 0.1) is 0 Å². The molecular formula is C24H18N4O4. The summed E-state index contributed by atoms with van der Waals surface area (Å²) in [4.78, 5) is 18.4. The summed E-state index contributed by atoms with van der Waals surface area (Å²) in [6.45, 7) is 0.524. The second-order valence-corrected chi connectivity index (χ2v) is 7.08. The molecule has 0 unspecified atom stereocenters. The molecule has 0 amide bonds. The molecule has 0 spiro atoms. The van der Waals surface area contributed by atoms with E-state index in [0.29, 0.717) is 12.6 Å². The van der Waals surface area contributed by atoms with Gasteiger partial charge in [-0.2, -0.15) is 5.10 Å². The third-order valence-corrected chi connectivity index (χ3v) is 4.89. The number of nitrogens with zero attached hydrogens (tertiary/aromatic N) is 3. The van der Waals surface area contributed by atoms with Crippen LogP contribution in [0.1, 0.15) is 5.56 Å². The lowest BCUT2D eigenvalue weighted by Gasteiger charge is -2.07. The van der Waals surface area contributed by atoms with E-state index in [1.807, 2.05) is 72.8 Å². The van der Waals surface area contributed by atoms with E-state index in [9.17, 15) is 4.79 Å². The van der Waals surface area contributed by atoms with Gasteiger partial charge in [0, 0.05) is 0 Å². The van der Waals surface area contributed by atoms with Crippen molar-refractivity contribution < 1.29 is 19.4 Å². The molecule has 3 aromatic carbocycles. The van der Waals surface area contributed by atoms with E-state index in [4.69, 9.17) is 9.84 Å². The number of rotatable bonds is 6. The van der Waals surface area contributed by atoms with Crippen LogP contribution < -0.4 is 9.47 Å². The first-order chi connectivity index (χ1) is 15.6. The Labute approximate surface area is 182 Å². The quantitative estimate of drug-likeness (QED) is 0.368. The van der Waals surface area contributed by atoms with Crippen molar-refractivity contribution >= 4 is 17.2 Å². The monoisotopic (exact) mass is 426 g/mol. The van der Waals surface area contributed by atoms with Gasteiger partial charge in [0.25, 0.3) is 0 Å². The van der Waals surface area contributed by atoms with E-state index in [2.05, 4.69) is 19.8 Å². The molecular weight excluding hydrogens is 408 g/mol. The van der Waals surface area contributed by atoms with Crippen LogP contribution in [0.2, 0.25) is 0 Å². The molecule has 0 atom stereocenters. The molecule has 2 heterocycles. The molecule has 32 heavy (non-hydrogen) atoms. The Balaban J connectivity index is 1.33. The fourth-order valence-corrected chi connectivity index (χ4v) is 3.34. The van der Waals surface area contributed by atoms with Gasteiger partial charge in [-0.25, -0.2) is 14.5 Å². The van der Waals surface area contributed by atoms with Crippen LogP contribution >= 0.6 is 0 Å². The van der Waals surface area contributed by atoms with Gasteiger partial charge >= 0.3 is 6.16 Å². The molecule has 2 N–H and O–H groups in total. The Morgan fingerprint density at radius 1 is 0.969 bits per heavy atom. The standard InChI is InChI=1S/C24H18N4O4/c29-24(30)32-20-13-25-28(14-20)23-26-21-11-8-18(12-22(21)27-23)17-6-9-19(10-7-17)31-15-16-4-2-1-3-5-16/h1-14H,15H2,(H,26,27)(H,29,30). The molecule has 0 aliphatic heterocycles.